The summed E-state index contributed by atoms with van der Waals surface area (Å²) in [5, 5.41) is 0. The molecule has 1 aromatic rings. The fourth-order valence-corrected chi connectivity index (χ4v) is 3.14. The van der Waals surface area contributed by atoms with Crippen molar-refractivity contribution in [3.8, 4) is 5.75 Å². The minimum Gasteiger partial charge on any atom is -0.494 e. The molecular formula is C15H21NO2. The molecule has 1 saturated heterocycles. The predicted molar refractivity (Wildman–Crippen MR) is 70.8 cm³/mol. The average Bonchev–Trinajstić information content (AvgIpc) is 2.26. The molecule has 0 unspecified atom stereocenters. The van der Waals surface area contributed by atoms with Crippen LogP contribution in [0, 0.1) is 5.92 Å². The molecule has 0 aromatic heterocycles. The number of hydrogen-bond acceptors (Lipinski definition) is 3. The second kappa shape index (κ2) is 4.56. The van der Waals surface area contributed by atoms with Crippen molar-refractivity contribution in [2.75, 3.05) is 19.8 Å². The Morgan fingerprint density at radius 1 is 1.39 bits per heavy atom. The van der Waals surface area contributed by atoms with E-state index in [9.17, 15) is 0 Å². The summed E-state index contributed by atoms with van der Waals surface area (Å²) < 4.78 is 11.1. The number of hydrogen-bond donors (Lipinski definition) is 1. The van der Waals surface area contributed by atoms with Gasteiger partial charge in [-0.2, -0.15) is 0 Å². The first-order chi connectivity index (χ1) is 8.74. The van der Waals surface area contributed by atoms with E-state index in [1.807, 2.05) is 13.0 Å². The van der Waals surface area contributed by atoms with Crippen molar-refractivity contribution in [2.45, 2.75) is 31.2 Å². The van der Waals surface area contributed by atoms with Crippen molar-refractivity contribution < 1.29 is 9.47 Å². The van der Waals surface area contributed by atoms with Crippen molar-refractivity contribution >= 4 is 0 Å². The Hall–Kier alpha value is -1.06. The fraction of sp³-hybridized carbons (Fsp3) is 0.600. The lowest BCUT2D eigenvalue weighted by Gasteiger charge is -2.53. The molecule has 3 heteroatoms. The maximum absolute atomic E-state index is 5.93. The molecule has 1 aliphatic heterocycles. The molecule has 0 amide bonds. The molecule has 0 bridgehead atoms. The molecule has 2 N–H and O–H groups in total. The first-order valence-corrected chi connectivity index (χ1v) is 6.81. The van der Waals surface area contributed by atoms with Gasteiger partial charge in [-0.3, -0.25) is 0 Å². The van der Waals surface area contributed by atoms with E-state index >= 15 is 0 Å². The quantitative estimate of drug-likeness (QED) is 0.886. The molecule has 2 aliphatic rings. The largest absolute Gasteiger partial charge is 0.494 e. The van der Waals surface area contributed by atoms with Crippen LogP contribution in [0.25, 0.3) is 0 Å². The third-order valence-electron chi connectivity index (χ3n) is 4.40. The van der Waals surface area contributed by atoms with Crippen LogP contribution in [0.1, 0.15) is 25.3 Å². The summed E-state index contributed by atoms with van der Waals surface area (Å²) in [6, 6.07) is 8.87. The second-order valence-corrected chi connectivity index (χ2v) is 5.54. The molecule has 0 atom stereocenters. The second-order valence-electron chi connectivity index (χ2n) is 5.54. The number of ether oxygens (including phenoxy) is 2. The highest BCUT2D eigenvalue weighted by Gasteiger charge is 2.51. The van der Waals surface area contributed by atoms with Crippen molar-refractivity contribution in [1.29, 1.82) is 0 Å². The lowest BCUT2D eigenvalue weighted by Crippen LogP contribution is -2.58. The molecule has 1 aliphatic carbocycles. The molecule has 0 spiro atoms. The summed E-state index contributed by atoms with van der Waals surface area (Å²) in [6.07, 6.45) is 2.25. The van der Waals surface area contributed by atoms with Crippen LogP contribution < -0.4 is 10.5 Å². The molecule has 1 aromatic carbocycles. The van der Waals surface area contributed by atoms with Crippen molar-refractivity contribution in [3.05, 3.63) is 29.8 Å². The number of rotatable bonds is 4. The van der Waals surface area contributed by atoms with Crippen LogP contribution in [0.2, 0.25) is 0 Å². The summed E-state index contributed by atoms with van der Waals surface area (Å²) in [6.45, 7) is 4.39. The minimum absolute atomic E-state index is 0.197. The van der Waals surface area contributed by atoms with E-state index in [-0.39, 0.29) is 5.41 Å². The highest BCUT2D eigenvalue weighted by atomic mass is 16.5. The summed E-state index contributed by atoms with van der Waals surface area (Å²) in [4.78, 5) is 0. The Labute approximate surface area is 108 Å². The van der Waals surface area contributed by atoms with Crippen molar-refractivity contribution in [3.63, 3.8) is 0 Å². The van der Waals surface area contributed by atoms with Crippen LogP contribution in [0.15, 0.2) is 24.3 Å². The van der Waals surface area contributed by atoms with E-state index in [1.165, 1.54) is 5.56 Å². The highest BCUT2D eigenvalue weighted by molar-refractivity contribution is 5.37. The Morgan fingerprint density at radius 3 is 2.72 bits per heavy atom. The van der Waals surface area contributed by atoms with E-state index in [0.29, 0.717) is 18.6 Å². The summed E-state index contributed by atoms with van der Waals surface area (Å²) >= 11 is 0. The third-order valence-corrected chi connectivity index (χ3v) is 4.40. The van der Waals surface area contributed by atoms with Gasteiger partial charge in [0.25, 0.3) is 0 Å². The highest BCUT2D eigenvalue weighted by Crippen LogP contribution is 2.48. The van der Waals surface area contributed by atoms with Crippen LogP contribution >= 0.6 is 0 Å². The van der Waals surface area contributed by atoms with Crippen LogP contribution in [0.4, 0.5) is 0 Å². The van der Waals surface area contributed by atoms with Crippen molar-refractivity contribution in [2.24, 2.45) is 11.7 Å². The van der Waals surface area contributed by atoms with Gasteiger partial charge in [0.15, 0.2) is 0 Å². The SMILES string of the molecule is CCOc1cccc(C2(C3CC(N)C3)COC2)c1. The monoisotopic (exact) mass is 247 g/mol. The standard InChI is InChI=1S/C15H21NO2/c1-2-18-14-5-3-4-11(8-14)15(9-17-10-15)12-6-13(16)7-12/h3-5,8,12-13H,2,6-7,9-10,16H2,1H3. The zero-order valence-corrected chi connectivity index (χ0v) is 10.9. The van der Waals surface area contributed by atoms with E-state index in [1.54, 1.807) is 0 Å². The van der Waals surface area contributed by atoms with Gasteiger partial charge in [0.05, 0.1) is 19.8 Å². The first kappa shape index (κ1) is 12.0. The number of nitrogens with two attached hydrogens (primary N) is 1. The van der Waals surface area contributed by atoms with Gasteiger partial charge in [0.1, 0.15) is 5.75 Å². The molecule has 98 valence electrons. The summed E-state index contributed by atoms with van der Waals surface area (Å²) in [5.41, 5.74) is 7.49. The molecule has 18 heavy (non-hydrogen) atoms. The maximum Gasteiger partial charge on any atom is 0.119 e. The fourth-order valence-electron chi connectivity index (χ4n) is 3.14. The molecule has 0 radical (unpaired) electrons. The zero-order valence-electron chi connectivity index (χ0n) is 10.9. The van der Waals surface area contributed by atoms with Gasteiger partial charge in [-0.25, -0.2) is 0 Å². The van der Waals surface area contributed by atoms with E-state index < -0.39 is 0 Å². The zero-order chi connectivity index (χ0) is 12.6. The molecule has 2 fully saturated rings. The van der Waals surface area contributed by atoms with E-state index in [2.05, 4.69) is 18.2 Å². The Balaban J connectivity index is 1.85. The van der Waals surface area contributed by atoms with E-state index in [0.717, 1.165) is 31.8 Å². The normalized spacial score (nSPS) is 29.2. The van der Waals surface area contributed by atoms with Crippen LogP contribution in [-0.2, 0) is 10.2 Å². The van der Waals surface area contributed by atoms with Gasteiger partial charge in [-0.05, 0) is 43.4 Å². The van der Waals surface area contributed by atoms with Gasteiger partial charge in [-0.15, -0.1) is 0 Å². The average molecular weight is 247 g/mol. The molecule has 3 nitrogen and oxygen atoms in total. The maximum atomic E-state index is 5.93. The third kappa shape index (κ3) is 1.82. The van der Waals surface area contributed by atoms with Crippen LogP contribution in [0.3, 0.4) is 0 Å². The van der Waals surface area contributed by atoms with E-state index in [4.69, 9.17) is 15.2 Å². The van der Waals surface area contributed by atoms with Crippen LogP contribution in [0.5, 0.6) is 5.75 Å². The lowest BCUT2D eigenvalue weighted by molar-refractivity contribution is -0.111. The smallest absolute Gasteiger partial charge is 0.119 e. The summed E-state index contributed by atoms with van der Waals surface area (Å²) in [5.74, 6) is 1.64. The Morgan fingerprint density at radius 2 is 2.17 bits per heavy atom. The predicted octanol–water partition coefficient (Wildman–Crippen LogP) is 2.09. The van der Waals surface area contributed by atoms with Crippen molar-refractivity contribution in [1.82, 2.24) is 0 Å². The van der Waals surface area contributed by atoms with Crippen LogP contribution in [-0.4, -0.2) is 25.9 Å². The molecular weight excluding hydrogens is 226 g/mol. The van der Waals surface area contributed by atoms with Gasteiger partial charge in [-0.1, -0.05) is 12.1 Å². The first-order valence-electron chi connectivity index (χ1n) is 6.81. The number of benzene rings is 1. The summed E-state index contributed by atoms with van der Waals surface area (Å²) in [7, 11) is 0. The molecule has 1 saturated carbocycles. The molecule has 3 rings (SSSR count). The lowest BCUT2D eigenvalue weighted by atomic mass is 9.59. The van der Waals surface area contributed by atoms with Gasteiger partial charge in [0, 0.05) is 11.5 Å². The Bertz CT molecular complexity index is 422. The minimum atomic E-state index is 0.197. The Kier molecular flexibility index (Phi) is 3.04. The van der Waals surface area contributed by atoms with Gasteiger partial charge < -0.3 is 15.2 Å². The topological polar surface area (TPSA) is 44.5 Å². The van der Waals surface area contributed by atoms with Gasteiger partial charge >= 0.3 is 0 Å². The molecule has 1 heterocycles. The van der Waals surface area contributed by atoms with Gasteiger partial charge in [0.2, 0.25) is 0 Å².